The van der Waals surface area contributed by atoms with E-state index in [9.17, 15) is 0 Å². The van der Waals surface area contributed by atoms with Crippen molar-refractivity contribution in [3.05, 3.63) is 31.1 Å². The van der Waals surface area contributed by atoms with Crippen LogP contribution in [0.25, 0.3) is 0 Å². The summed E-state index contributed by atoms with van der Waals surface area (Å²) in [5, 5.41) is 0. The lowest BCUT2D eigenvalue weighted by Crippen LogP contribution is -1.85. The lowest BCUT2D eigenvalue weighted by atomic mass is 10.2. The summed E-state index contributed by atoms with van der Waals surface area (Å²) in [7, 11) is 0. The predicted octanol–water partition coefficient (Wildman–Crippen LogP) is 4.05. The Hall–Kier alpha value is 0.620. The third-order valence-corrected chi connectivity index (χ3v) is 3.47. The Morgan fingerprint density at radius 2 is 1.67 bits per heavy atom. The van der Waals surface area contributed by atoms with Crippen molar-refractivity contribution >= 4 is 47.8 Å². The van der Waals surface area contributed by atoms with Crippen LogP contribution in [0, 0.1) is 0 Å². The van der Waals surface area contributed by atoms with Gasteiger partial charge >= 0.3 is 0 Å². The van der Waals surface area contributed by atoms with Gasteiger partial charge in [-0.05, 0) is 12.1 Å². The second-order valence-corrected chi connectivity index (χ2v) is 5.23. The summed E-state index contributed by atoms with van der Waals surface area (Å²) >= 11 is 10.4. The van der Waals surface area contributed by atoms with Gasteiger partial charge in [-0.2, -0.15) is 0 Å². The van der Waals surface area contributed by atoms with Crippen molar-refractivity contribution < 1.29 is 4.74 Å². The molecule has 1 nitrogen and oxygen atoms in total. The van der Waals surface area contributed by atoms with Crippen LogP contribution in [0.2, 0.25) is 0 Å². The quantitative estimate of drug-likeness (QED) is 0.692. The Balaban J connectivity index is 2.51. The molecule has 0 aliphatic carbocycles. The van der Waals surface area contributed by atoms with Crippen molar-refractivity contribution in [1.29, 1.82) is 0 Å². The van der Waals surface area contributed by atoms with Crippen molar-refractivity contribution in [3.8, 4) is 0 Å². The highest BCUT2D eigenvalue weighted by molar-refractivity contribution is 9.11. The molecule has 0 radical (unpaired) electrons. The van der Waals surface area contributed by atoms with Crippen molar-refractivity contribution in [2.75, 3.05) is 6.61 Å². The van der Waals surface area contributed by atoms with Crippen LogP contribution in [0.5, 0.6) is 0 Å². The molecule has 2 rings (SSSR count). The fraction of sp³-hybridized carbons (Fsp3) is 0.250. The molecule has 1 aromatic rings. The van der Waals surface area contributed by atoms with Gasteiger partial charge in [-0.1, -0.05) is 47.8 Å². The summed E-state index contributed by atoms with van der Waals surface area (Å²) in [5.74, 6) is 0. The third-order valence-electron chi connectivity index (χ3n) is 1.70. The summed E-state index contributed by atoms with van der Waals surface area (Å²) in [6, 6.07) is 4.06. The molecule has 1 aliphatic heterocycles. The second-order valence-electron chi connectivity index (χ2n) is 2.61. The average molecular weight is 357 g/mol. The minimum absolute atomic E-state index is 0.279. The van der Waals surface area contributed by atoms with Gasteiger partial charge in [0.25, 0.3) is 0 Å². The van der Waals surface area contributed by atoms with E-state index in [0.717, 1.165) is 20.0 Å². The molecule has 0 spiro atoms. The van der Waals surface area contributed by atoms with E-state index in [4.69, 9.17) is 4.74 Å². The average Bonchev–Trinajstić information content (AvgIpc) is 2.68. The lowest BCUT2D eigenvalue weighted by Gasteiger charge is -2.04. The number of rotatable bonds is 1. The number of halogens is 3. The molecule has 0 aromatic heterocycles. The summed E-state index contributed by atoms with van der Waals surface area (Å²) in [6.07, 6.45) is 0.279. The topological polar surface area (TPSA) is 12.5 Å². The smallest absolute Gasteiger partial charge is 0.108 e. The number of hydrogen-bond donors (Lipinski definition) is 0. The van der Waals surface area contributed by atoms with Crippen LogP contribution in [-0.4, -0.2) is 6.61 Å². The Morgan fingerprint density at radius 3 is 2.08 bits per heavy atom. The molecule has 1 unspecified atom stereocenters. The summed E-state index contributed by atoms with van der Waals surface area (Å²) in [5.41, 5.74) is 1.21. The van der Waals surface area contributed by atoms with E-state index < -0.39 is 0 Å². The third kappa shape index (κ3) is 1.76. The zero-order chi connectivity index (χ0) is 8.72. The monoisotopic (exact) mass is 354 g/mol. The van der Waals surface area contributed by atoms with E-state index >= 15 is 0 Å². The minimum atomic E-state index is 0.279. The van der Waals surface area contributed by atoms with Crippen LogP contribution < -0.4 is 0 Å². The van der Waals surface area contributed by atoms with Crippen molar-refractivity contribution in [1.82, 2.24) is 0 Å². The maximum absolute atomic E-state index is 5.22. The molecule has 4 heteroatoms. The maximum atomic E-state index is 5.22. The van der Waals surface area contributed by atoms with Gasteiger partial charge in [0, 0.05) is 19.0 Å². The SMILES string of the molecule is Brc1cc(Br)c(C2CO2)c(Br)c1. The fourth-order valence-corrected chi connectivity index (χ4v) is 3.85. The number of epoxide rings is 1. The highest BCUT2D eigenvalue weighted by Crippen LogP contribution is 2.41. The van der Waals surface area contributed by atoms with E-state index in [1.807, 2.05) is 12.1 Å². The standard InChI is InChI=1S/C8H5Br3O/c9-4-1-5(10)8(6(11)2-4)7-3-12-7/h1-2,7H,3H2. The molecular formula is C8H5Br3O. The molecule has 1 saturated heterocycles. The molecule has 0 saturated carbocycles. The molecule has 0 amide bonds. The van der Waals surface area contributed by atoms with Crippen LogP contribution in [0.1, 0.15) is 11.7 Å². The first kappa shape index (κ1) is 9.19. The van der Waals surface area contributed by atoms with E-state index in [1.54, 1.807) is 0 Å². The highest BCUT2D eigenvalue weighted by atomic mass is 79.9. The van der Waals surface area contributed by atoms with E-state index in [0.29, 0.717) is 0 Å². The summed E-state index contributed by atoms with van der Waals surface area (Å²) in [6.45, 7) is 0.832. The minimum Gasteiger partial charge on any atom is -0.368 e. The van der Waals surface area contributed by atoms with Crippen molar-refractivity contribution in [2.24, 2.45) is 0 Å². The summed E-state index contributed by atoms with van der Waals surface area (Å²) in [4.78, 5) is 0. The predicted molar refractivity (Wildman–Crippen MR) is 58.2 cm³/mol. The van der Waals surface area contributed by atoms with Gasteiger partial charge in [0.05, 0.1) is 6.61 Å². The number of benzene rings is 1. The van der Waals surface area contributed by atoms with Gasteiger partial charge in [-0.25, -0.2) is 0 Å². The van der Waals surface area contributed by atoms with Crippen LogP contribution in [0.3, 0.4) is 0 Å². The molecule has 0 bridgehead atoms. The van der Waals surface area contributed by atoms with Gasteiger partial charge < -0.3 is 4.74 Å². The van der Waals surface area contributed by atoms with Crippen molar-refractivity contribution in [2.45, 2.75) is 6.10 Å². The first-order chi connectivity index (χ1) is 5.68. The summed E-state index contributed by atoms with van der Waals surface area (Å²) < 4.78 is 8.46. The Morgan fingerprint density at radius 1 is 1.17 bits per heavy atom. The molecule has 12 heavy (non-hydrogen) atoms. The molecule has 1 heterocycles. The molecule has 1 atom stereocenters. The Labute approximate surface area is 95.9 Å². The number of hydrogen-bond acceptors (Lipinski definition) is 1. The van der Waals surface area contributed by atoms with Gasteiger partial charge in [0.2, 0.25) is 0 Å². The molecule has 1 aliphatic rings. The van der Waals surface area contributed by atoms with Crippen LogP contribution in [0.15, 0.2) is 25.6 Å². The Kier molecular flexibility index (Phi) is 2.61. The molecule has 64 valence electrons. The van der Waals surface area contributed by atoms with E-state index in [2.05, 4.69) is 47.8 Å². The van der Waals surface area contributed by atoms with Gasteiger partial charge in [0.15, 0.2) is 0 Å². The lowest BCUT2D eigenvalue weighted by molar-refractivity contribution is 0.414. The molecule has 0 N–H and O–H groups in total. The van der Waals surface area contributed by atoms with E-state index in [-0.39, 0.29) is 6.10 Å². The molecular weight excluding hydrogens is 352 g/mol. The zero-order valence-corrected chi connectivity index (χ0v) is 10.7. The first-order valence-electron chi connectivity index (χ1n) is 3.44. The van der Waals surface area contributed by atoms with Crippen molar-refractivity contribution in [3.63, 3.8) is 0 Å². The zero-order valence-electron chi connectivity index (χ0n) is 5.98. The van der Waals surface area contributed by atoms with Crippen LogP contribution in [-0.2, 0) is 4.74 Å². The first-order valence-corrected chi connectivity index (χ1v) is 5.82. The Bertz CT molecular complexity index is 297. The largest absolute Gasteiger partial charge is 0.368 e. The normalized spacial score (nSPS) is 21.1. The van der Waals surface area contributed by atoms with Crippen LogP contribution in [0.4, 0.5) is 0 Å². The van der Waals surface area contributed by atoms with Gasteiger partial charge in [0.1, 0.15) is 6.10 Å². The van der Waals surface area contributed by atoms with Crippen LogP contribution >= 0.6 is 47.8 Å². The fourth-order valence-electron chi connectivity index (χ4n) is 1.08. The maximum Gasteiger partial charge on any atom is 0.108 e. The highest BCUT2D eigenvalue weighted by Gasteiger charge is 2.29. The number of ether oxygens (including phenoxy) is 1. The van der Waals surface area contributed by atoms with Gasteiger partial charge in [-0.3, -0.25) is 0 Å². The molecule has 1 aromatic carbocycles. The second kappa shape index (κ2) is 3.40. The van der Waals surface area contributed by atoms with E-state index in [1.165, 1.54) is 5.56 Å². The van der Waals surface area contributed by atoms with Gasteiger partial charge in [-0.15, -0.1) is 0 Å². The molecule has 1 fully saturated rings.